The number of anilines is 2. The average Bonchev–Trinajstić information content (AvgIpc) is 2.40. The number of hydrogen-bond acceptors (Lipinski definition) is 5. The van der Waals surface area contributed by atoms with Gasteiger partial charge in [0.25, 0.3) is 5.56 Å². The molecule has 2 rings (SSSR count). The second-order valence-electron chi connectivity index (χ2n) is 4.31. The summed E-state index contributed by atoms with van der Waals surface area (Å²) in [5, 5.41) is 4.17. The van der Waals surface area contributed by atoms with E-state index in [1.807, 2.05) is 24.9 Å². The van der Waals surface area contributed by atoms with Crippen molar-refractivity contribution in [1.29, 1.82) is 0 Å². The molecule has 2 heterocycles. The van der Waals surface area contributed by atoms with E-state index in [9.17, 15) is 4.79 Å². The molecule has 2 aromatic heterocycles. The summed E-state index contributed by atoms with van der Waals surface area (Å²) in [5.41, 5.74) is 7.19. The number of nitrogen functional groups attached to an aromatic ring is 1. The highest BCUT2D eigenvalue weighted by atomic mass is 16.1. The van der Waals surface area contributed by atoms with Crippen molar-refractivity contribution in [3.63, 3.8) is 0 Å². The molecule has 0 spiro atoms. The van der Waals surface area contributed by atoms with E-state index in [0.29, 0.717) is 12.4 Å². The number of nitrogens with two attached hydrogens (primary N) is 1. The van der Waals surface area contributed by atoms with Crippen molar-refractivity contribution >= 4 is 11.5 Å². The number of rotatable bonds is 4. The monoisotopic (exact) mass is 259 g/mol. The van der Waals surface area contributed by atoms with E-state index in [4.69, 9.17) is 5.73 Å². The Bertz CT molecular complexity index is 622. The van der Waals surface area contributed by atoms with Crippen LogP contribution in [0.1, 0.15) is 12.5 Å². The lowest BCUT2D eigenvalue weighted by atomic mass is 10.2. The van der Waals surface area contributed by atoms with Gasteiger partial charge in [-0.2, -0.15) is 5.10 Å². The Balaban J connectivity index is 2.25. The molecule has 0 unspecified atom stereocenters. The van der Waals surface area contributed by atoms with Crippen LogP contribution in [0.25, 0.3) is 0 Å². The van der Waals surface area contributed by atoms with Crippen molar-refractivity contribution in [3.8, 4) is 0 Å². The molecule has 19 heavy (non-hydrogen) atoms. The van der Waals surface area contributed by atoms with Gasteiger partial charge in [-0.05, 0) is 24.6 Å². The smallest absolute Gasteiger partial charge is 0.269 e. The number of pyridine rings is 1. The zero-order chi connectivity index (χ0) is 13.8. The van der Waals surface area contributed by atoms with Crippen molar-refractivity contribution in [3.05, 3.63) is 46.5 Å². The minimum absolute atomic E-state index is 0.131. The number of aromatic nitrogens is 3. The van der Waals surface area contributed by atoms with Crippen molar-refractivity contribution in [2.75, 3.05) is 24.2 Å². The lowest BCUT2D eigenvalue weighted by molar-refractivity contribution is 0.637. The zero-order valence-electron chi connectivity index (χ0n) is 11.1. The number of nitrogens with zero attached hydrogens (tertiary/aromatic N) is 4. The second kappa shape index (κ2) is 5.51. The van der Waals surface area contributed by atoms with Gasteiger partial charge in [0.15, 0.2) is 0 Å². The first kappa shape index (κ1) is 13.1. The SMILES string of the molecule is CCN(C)c1cnn(Cc2ccnc(N)c2)c(=O)c1. The van der Waals surface area contributed by atoms with Gasteiger partial charge in [-0.15, -0.1) is 0 Å². The molecule has 100 valence electrons. The normalized spacial score (nSPS) is 10.4. The van der Waals surface area contributed by atoms with E-state index in [1.54, 1.807) is 24.5 Å². The van der Waals surface area contributed by atoms with Crippen molar-refractivity contribution in [1.82, 2.24) is 14.8 Å². The average molecular weight is 259 g/mol. The zero-order valence-corrected chi connectivity index (χ0v) is 11.1. The molecule has 2 N–H and O–H groups in total. The van der Waals surface area contributed by atoms with E-state index in [0.717, 1.165) is 17.8 Å². The minimum atomic E-state index is -0.131. The minimum Gasteiger partial charge on any atom is -0.384 e. The molecule has 0 amide bonds. The molecule has 0 aromatic carbocycles. The van der Waals surface area contributed by atoms with Crippen LogP contribution in [0.5, 0.6) is 0 Å². The highest BCUT2D eigenvalue weighted by Gasteiger charge is 2.04. The third kappa shape index (κ3) is 3.09. The first-order chi connectivity index (χ1) is 9.10. The highest BCUT2D eigenvalue weighted by Crippen LogP contribution is 2.07. The van der Waals surface area contributed by atoms with Crippen LogP contribution in [0.2, 0.25) is 0 Å². The molecular formula is C13H17N5O. The van der Waals surface area contributed by atoms with Gasteiger partial charge in [-0.25, -0.2) is 9.67 Å². The maximum absolute atomic E-state index is 12.0. The Hall–Kier alpha value is -2.37. The van der Waals surface area contributed by atoms with Crippen LogP contribution < -0.4 is 16.2 Å². The maximum Gasteiger partial charge on any atom is 0.269 e. The molecule has 0 saturated carbocycles. The van der Waals surface area contributed by atoms with Gasteiger partial charge in [-0.3, -0.25) is 4.79 Å². The van der Waals surface area contributed by atoms with E-state index < -0.39 is 0 Å². The summed E-state index contributed by atoms with van der Waals surface area (Å²) in [5.74, 6) is 0.438. The Labute approximate surface area is 111 Å². The Morgan fingerprint density at radius 1 is 1.42 bits per heavy atom. The number of hydrogen-bond donors (Lipinski definition) is 1. The molecule has 0 radical (unpaired) electrons. The van der Waals surface area contributed by atoms with Crippen LogP contribution in [-0.2, 0) is 6.54 Å². The van der Waals surface area contributed by atoms with Gasteiger partial charge >= 0.3 is 0 Å². The Morgan fingerprint density at radius 2 is 2.21 bits per heavy atom. The van der Waals surface area contributed by atoms with Crippen LogP contribution in [0, 0.1) is 0 Å². The predicted molar refractivity (Wildman–Crippen MR) is 75.2 cm³/mol. The van der Waals surface area contributed by atoms with E-state index in [1.165, 1.54) is 4.68 Å². The van der Waals surface area contributed by atoms with Crippen LogP contribution >= 0.6 is 0 Å². The molecule has 0 aliphatic heterocycles. The highest BCUT2D eigenvalue weighted by molar-refractivity contribution is 5.41. The Morgan fingerprint density at radius 3 is 2.84 bits per heavy atom. The summed E-state index contributed by atoms with van der Waals surface area (Å²) in [6.45, 7) is 3.24. The summed E-state index contributed by atoms with van der Waals surface area (Å²) in [6, 6.07) is 5.14. The van der Waals surface area contributed by atoms with Gasteiger partial charge in [0, 0.05) is 25.9 Å². The summed E-state index contributed by atoms with van der Waals surface area (Å²) in [6.07, 6.45) is 3.31. The van der Waals surface area contributed by atoms with Gasteiger partial charge in [0.2, 0.25) is 0 Å². The van der Waals surface area contributed by atoms with E-state index in [-0.39, 0.29) is 5.56 Å². The molecule has 2 aromatic rings. The maximum atomic E-state index is 12.0. The second-order valence-corrected chi connectivity index (χ2v) is 4.31. The summed E-state index contributed by atoms with van der Waals surface area (Å²) in [4.78, 5) is 17.9. The first-order valence-corrected chi connectivity index (χ1v) is 6.09. The van der Waals surface area contributed by atoms with Crippen LogP contribution in [0.15, 0.2) is 35.4 Å². The van der Waals surface area contributed by atoms with Gasteiger partial charge in [-0.1, -0.05) is 0 Å². The third-order valence-electron chi connectivity index (χ3n) is 2.95. The lowest BCUT2D eigenvalue weighted by Gasteiger charge is -2.16. The molecule has 0 bridgehead atoms. The van der Waals surface area contributed by atoms with Gasteiger partial charge < -0.3 is 10.6 Å². The van der Waals surface area contributed by atoms with E-state index >= 15 is 0 Å². The predicted octanol–water partition coefficient (Wildman–Crippen LogP) is 0.725. The van der Waals surface area contributed by atoms with E-state index in [2.05, 4.69) is 10.1 Å². The molecule has 6 nitrogen and oxygen atoms in total. The molecular weight excluding hydrogens is 242 g/mol. The largest absolute Gasteiger partial charge is 0.384 e. The fourth-order valence-corrected chi connectivity index (χ4v) is 1.70. The fourth-order valence-electron chi connectivity index (χ4n) is 1.70. The summed E-state index contributed by atoms with van der Waals surface area (Å²) in [7, 11) is 1.92. The van der Waals surface area contributed by atoms with Gasteiger partial charge in [0.05, 0.1) is 18.4 Å². The first-order valence-electron chi connectivity index (χ1n) is 6.09. The lowest BCUT2D eigenvalue weighted by Crippen LogP contribution is -2.26. The summed E-state index contributed by atoms with van der Waals surface area (Å²) >= 11 is 0. The summed E-state index contributed by atoms with van der Waals surface area (Å²) < 4.78 is 1.40. The van der Waals surface area contributed by atoms with Crippen LogP contribution in [-0.4, -0.2) is 28.4 Å². The van der Waals surface area contributed by atoms with Crippen LogP contribution in [0.3, 0.4) is 0 Å². The molecule has 0 fully saturated rings. The third-order valence-corrected chi connectivity index (χ3v) is 2.95. The van der Waals surface area contributed by atoms with Crippen LogP contribution in [0.4, 0.5) is 11.5 Å². The standard InChI is InChI=1S/C13H17N5O/c1-3-17(2)11-7-13(19)18(16-8-11)9-10-4-5-15-12(14)6-10/h4-8H,3,9H2,1-2H3,(H2,14,15). The van der Waals surface area contributed by atoms with Crippen molar-refractivity contribution < 1.29 is 0 Å². The molecule has 0 aliphatic carbocycles. The topological polar surface area (TPSA) is 77.0 Å². The molecule has 0 saturated heterocycles. The molecule has 6 heteroatoms. The van der Waals surface area contributed by atoms with Crippen molar-refractivity contribution in [2.45, 2.75) is 13.5 Å². The van der Waals surface area contributed by atoms with Gasteiger partial charge in [0.1, 0.15) is 5.82 Å². The molecule has 0 atom stereocenters. The molecule has 0 aliphatic rings. The quantitative estimate of drug-likeness (QED) is 0.875. The fraction of sp³-hybridized carbons (Fsp3) is 0.308. The Kier molecular flexibility index (Phi) is 3.79. The van der Waals surface area contributed by atoms with Crippen molar-refractivity contribution in [2.24, 2.45) is 0 Å².